The molecule has 1 atom stereocenters. The van der Waals surface area contributed by atoms with Crippen molar-refractivity contribution < 1.29 is 24.2 Å². The molecule has 1 aliphatic heterocycles. The highest BCUT2D eigenvalue weighted by molar-refractivity contribution is 5.87. The SMILES string of the molecule is CCCC(=O)N1CCCCC1C(=O)NCc1ccc(OCCCC(=O)O)cc1. The van der Waals surface area contributed by atoms with Crippen LogP contribution in [0, 0.1) is 0 Å². The molecule has 1 fully saturated rings. The normalized spacial score (nSPS) is 16.5. The van der Waals surface area contributed by atoms with Crippen LogP contribution in [-0.2, 0) is 20.9 Å². The van der Waals surface area contributed by atoms with Crippen LogP contribution in [0.4, 0.5) is 0 Å². The Bertz CT molecular complexity index is 659. The number of carbonyl (C=O) groups is 3. The van der Waals surface area contributed by atoms with Gasteiger partial charge in [-0.05, 0) is 49.8 Å². The van der Waals surface area contributed by atoms with Crippen LogP contribution in [0.2, 0.25) is 0 Å². The van der Waals surface area contributed by atoms with Crippen LogP contribution in [0.5, 0.6) is 5.75 Å². The van der Waals surface area contributed by atoms with E-state index < -0.39 is 5.97 Å². The Morgan fingerprint density at radius 2 is 1.93 bits per heavy atom. The van der Waals surface area contributed by atoms with Gasteiger partial charge in [-0.25, -0.2) is 0 Å². The molecule has 1 aromatic rings. The van der Waals surface area contributed by atoms with Gasteiger partial charge in [-0.2, -0.15) is 0 Å². The van der Waals surface area contributed by atoms with Crippen LogP contribution in [-0.4, -0.2) is 47.0 Å². The Morgan fingerprint density at radius 1 is 1.18 bits per heavy atom. The number of rotatable bonds is 10. The third-order valence-electron chi connectivity index (χ3n) is 4.78. The van der Waals surface area contributed by atoms with Crippen LogP contribution in [0.1, 0.15) is 57.4 Å². The number of ether oxygens (including phenoxy) is 1. The minimum Gasteiger partial charge on any atom is -0.494 e. The molecule has 0 spiro atoms. The zero-order valence-corrected chi connectivity index (χ0v) is 16.5. The van der Waals surface area contributed by atoms with Crippen LogP contribution in [0.3, 0.4) is 0 Å². The van der Waals surface area contributed by atoms with Gasteiger partial charge in [0.1, 0.15) is 11.8 Å². The summed E-state index contributed by atoms with van der Waals surface area (Å²) in [5.74, 6) is -0.198. The Hall–Kier alpha value is -2.57. The summed E-state index contributed by atoms with van der Waals surface area (Å²) in [6.45, 7) is 3.37. The molecule has 1 heterocycles. The van der Waals surface area contributed by atoms with Crippen molar-refractivity contribution in [3.8, 4) is 5.75 Å². The first kappa shape index (κ1) is 21.7. The molecule has 7 heteroatoms. The van der Waals surface area contributed by atoms with E-state index >= 15 is 0 Å². The van der Waals surface area contributed by atoms with Gasteiger partial charge in [0.2, 0.25) is 11.8 Å². The zero-order chi connectivity index (χ0) is 20.4. The van der Waals surface area contributed by atoms with E-state index in [2.05, 4.69) is 5.32 Å². The van der Waals surface area contributed by atoms with Crippen LogP contribution in [0.15, 0.2) is 24.3 Å². The van der Waals surface area contributed by atoms with Crippen molar-refractivity contribution in [2.45, 2.75) is 64.5 Å². The molecule has 0 aromatic heterocycles. The van der Waals surface area contributed by atoms with E-state index in [9.17, 15) is 14.4 Å². The first-order valence-corrected chi connectivity index (χ1v) is 10.0. The molecular formula is C21H30N2O5. The number of aliphatic carboxylic acids is 1. The number of carboxylic acid groups (broad SMARTS) is 1. The number of likely N-dealkylation sites (tertiary alicyclic amines) is 1. The second-order valence-corrected chi connectivity index (χ2v) is 7.06. The first-order valence-electron chi connectivity index (χ1n) is 10.0. The van der Waals surface area contributed by atoms with Gasteiger partial charge < -0.3 is 20.1 Å². The number of carbonyl (C=O) groups excluding carboxylic acids is 2. The van der Waals surface area contributed by atoms with E-state index in [1.165, 1.54) is 0 Å². The van der Waals surface area contributed by atoms with Crippen LogP contribution < -0.4 is 10.1 Å². The summed E-state index contributed by atoms with van der Waals surface area (Å²) in [5.41, 5.74) is 0.938. The molecule has 1 saturated heterocycles. The number of nitrogens with one attached hydrogen (secondary N) is 1. The smallest absolute Gasteiger partial charge is 0.303 e. The minimum absolute atomic E-state index is 0.0618. The highest BCUT2D eigenvalue weighted by Gasteiger charge is 2.31. The lowest BCUT2D eigenvalue weighted by atomic mass is 10.0. The Morgan fingerprint density at radius 3 is 2.61 bits per heavy atom. The molecular weight excluding hydrogens is 360 g/mol. The van der Waals surface area contributed by atoms with Gasteiger partial charge in [0.05, 0.1) is 6.61 Å². The number of nitrogens with zero attached hydrogens (tertiary/aromatic N) is 1. The number of amides is 2. The molecule has 0 aliphatic carbocycles. The van der Waals surface area contributed by atoms with E-state index in [1.54, 1.807) is 17.0 Å². The van der Waals surface area contributed by atoms with Gasteiger partial charge in [-0.3, -0.25) is 14.4 Å². The zero-order valence-electron chi connectivity index (χ0n) is 16.5. The topological polar surface area (TPSA) is 95.9 Å². The van der Waals surface area contributed by atoms with Crippen molar-refractivity contribution in [3.63, 3.8) is 0 Å². The fourth-order valence-electron chi connectivity index (χ4n) is 3.28. The third kappa shape index (κ3) is 6.87. The lowest BCUT2D eigenvalue weighted by Gasteiger charge is -2.34. The van der Waals surface area contributed by atoms with Crippen molar-refractivity contribution >= 4 is 17.8 Å². The monoisotopic (exact) mass is 390 g/mol. The largest absolute Gasteiger partial charge is 0.494 e. The summed E-state index contributed by atoms with van der Waals surface area (Å²) in [7, 11) is 0. The summed E-state index contributed by atoms with van der Waals surface area (Å²) in [6, 6.07) is 6.98. The van der Waals surface area contributed by atoms with Gasteiger partial charge in [0.15, 0.2) is 0 Å². The molecule has 2 N–H and O–H groups in total. The molecule has 7 nitrogen and oxygen atoms in total. The summed E-state index contributed by atoms with van der Waals surface area (Å²) in [6.07, 6.45) is 4.44. The van der Waals surface area contributed by atoms with Crippen molar-refractivity contribution in [3.05, 3.63) is 29.8 Å². The van der Waals surface area contributed by atoms with Gasteiger partial charge in [0.25, 0.3) is 0 Å². The van der Waals surface area contributed by atoms with E-state index in [1.807, 2.05) is 19.1 Å². The summed E-state index contributed by atoms with van der Waals surface area (Å²) in [4.78, 5) is 37.1. The summed E-state index contributed by atoms with van der Waals surface area (Å²) >= 11 is 0. The number of benzene rings is 1. The second-order valence-electron chi connectivity index (χ2n) is 7.06. The van der Waals surface area contributed by atoms with E-state index in [0.717, 1.165) is 24.8 Å². The van der Waals surface area contributed by atoms with Crippen molar-refractivity contribution in [1.82, 2.24) is 10.2 Å². The quantitative estimate of drug-likeness (QED) is 0.599. The standard InChI is InChI=1S/C21H30N2O5/c1-2-6-19(24)23-13-4-3-7-18(23)21(27)22-15-16-9-11-17(12-10-16)28-14-5-8-20(25)26/h9-12,18H,2-8,13-15H2,1H3,(H,22,27)(H,25,26). The number of hydrogen-bond acceptors (Lipinski definition) is 4. The molecule has 154 valence electrons. The maximum Gasteiger partial charge on any atom is 0.303 e. The van der Waals surface area contributed by atoms with Gasteiger partial charge in [-0.1, -0.05) is 19.1 Å². The lowest BCUT2D eigenvalue weighted by molar-refractivity contribution is -0.142. The molecule has 0 bridgehead atoms. The predicted molar refractivity (Wildman–Crippen MR) is 105 cm³/mol. The molecule has 1 unspecified atom stereocenters. The van der Waals surface area contributed by atoms with E-state index in [4.69, 9.17) is 9.84 Å². The molecule has 0 radical (unpaired) electrons. The number of piperidine rings is 1. The average molecular weight is 390 g/mol. The minimum atomic E-state index is -0.831. The maximum absolute atomic E-state index is 12.6. The summed E-state index contributed by atoms with van der Waals surface area (Å²) < 4.78 is 5.50. The van der Waals surface area contributed by atoms with Crippen molar-refractivity contribution in [2.75, 3.05) is 13.2 Å². The second kappa shape index (κ2) is 11.3. The highest BCUT2D eigenvalue weighted by atomic mass is 16.5. The highest BCUT2D eigenvalue weighted by Crippen LogP contribution is 2.19. The van der Waals surface area contributed by atoms with E-state index in [0.29, 0.717) is 44.7 Å². The van der Waals surface area contributed by atoms with Crippen molar-refractivity contribution in [1.29, 1.82) is 0 Å². The van der Waals surface area contributed by atoms with Crippen molar-refractivity contribution in [2.24, 2.45) is 0 Å². The fraction of sp³-hybridized carbons (Fsp3) is 0.571. The molecule has 2 rings (SSSR count). The lowest BCUT2D eigenvalue weighted by Crippen LogP contribution is -2.51. The van der Waals surface area contributed by atoms with Crippen LogP contribution in [0.25, 0.3) is 0 Å². The Balaban J connectivity index is 1.81. The predicted octanol–water partition coefficient (Wildman–Crippen LogP) is 2.73. The molecule has 1 aliphatic rings. The number of carboxylic acids is 1. The molecule has 0 saturated carbocycles. The first-order chi connectivity index (χ1) is 13.5. The Labute approximate surface area is 166 Å². The van der Waals surface area contributed by atoms with Crippen LogP contribution >= 0.6 is 0 Å². The molecule has 2 amide bonds. The van der Waals surface area contributed by atoms with Gasteiger partial charge >= 0.3 is 5.97 Å². The molecule has 1 aromatic carbocycles. The Kier molecular flexibility index (Phi) is 8.78. The third-order valence-corrected chi connectivity index (χ3v) is 4.78. The number of hydrogen-bond donors (Lipinski definition) is 2. The average Bonchev–Trinajstić information content (AvgIpc) is 2.70. The van der Waals surface area contributed by atoms with E-state index in [-0.39, 0.29) is 24.3 Å². The molecule has 28 heavy (non-hydrogen) atoms. The summed E-state index contributed by atoms with van der Waals surface area (Å²) in [5, 5.41) is 11.5. The van der Waals surface area contributed by atoms with Gasteiger partial charge in [0, 0.05) is 25.9 Å². The fourth-order valence-corrected chi connectivity index (χ4v) is 3.28. The van der Waals surface area contributed by atoms with Gasteiger partial charge in [-0.15, -0.1) is 0 Å². The maximum atomic E-state index is 12.6.